The molecule has 0 aliphatic carbocycles. The molecule has 0 aromatic carbocycles. The monoisotopic (exact) mass is 320 g/mol. The van der Waals surface area contributed by atoms with E-state index in [0.717, 1.165) is 0 Å². The first-order valence-electron chi connectivity index (χ1n) is 6.48. The number of rotatable bonds is 5. The molecule has 0 spiro atoms. The van der Waals surface area contributed by atoms with Gasteiger partial charge in [-0.25, -0.2) is 4.98 Å². The Labute approximate surface area is 131 Å². The maximum absolute atomic E-state index is 11.9. The van der Waals surface area contributed by atoms with Crippen LogP contribution in [0.3, 0.4) is 0 Å². The maximum Gasteiger partial charge on any atom is 0.259 e. The Hall–Kier alpha value is -2.55. The maximum atomic E-state index is 11.9. The number of hydrogen-bond acceptors (Lipinski definition) is 7. The number of carbonyl (C=O) groups excluding carboxylic acids is 2. The molecule has 2 rings (SSSR count). The topological polar surface area (TPSA) is 100 Å². The third kappa shape index (κ3) is 3.98. The van der Waals surface area contributed by atoms with Crippen LogP contribution in [0.2, 0.25) is 0 Å². The highest BCUT2D eigenvalue weighted by atomic mass is 32.1. The standard InChI is InChI=1S/C13H16N6O2S/c1-8(12(21)19(2)3)16-10-5-4-9(6-14-10)11(20)17-13-18-15-7-22-13/h4-8H,1-3H3,(H,14,16)(H,17,18,20)/t8-/m0/s1. The number of anilines is 2. The van der Waals surface area contributed by atoms with Gasteiger partial charge in [0.25, 0.3) is 5.91 Å². The molecule has 2 N–H and O–H groups in total. The van der Waals surface area contributed by atoms with Crippen molar-refractivity contribution < 1.29 is 9.59 Å². The molecule has 0 unspecified atom stereocenters. The molecule has 2 aromatic rings. The van der Waals surface area contributed by atoms with Crippen molar-refractivity contribution in [3.63, 3.8) is 0 Å². The molecule has 2 amide bonds. The molecule has 0 aliphatic rings. The Balaban J connectivity index is 1.98. The molecule has 0 saturated heterocycles. The minimum Gasteiger partial charge on any atom is -0.359 e. The molecule has 22 heavy (non-hydrogen) atoms. The molecule has 0 radical (unpaired) electrons. The number of carbonyl (C=O) groups is 2. The van der Waals surface area contributed by atoms with Crippen LogP contribution in [-0.4, -0.2) is 52.0 Å². The zero-order chi connectivity index (χ0) is 16.1. The SMILES string of the molecule is C[C@H](Nc1ccc(C(=O)Nc2nncs2)cn1)C(=O)N(C)C. The second-order valence-electron chi connectivity index (χ2n) is 4.73. The second-order valence-corrected chi connectivity index (χ2v) is 5.56. The first-order chi connectivity index (χ1) is 10.5. The molecule has 2 aromatic heterocycles. The molecule has 2 heterocycles. The highest BCUT2D eigenvalue weighted by molar-refractivity contribution is 7.13. The number of likely N-dealkylation sites (N-methyl/N-ethyl adjacent to an activating group) is 1. The first-order valence-corrected chi connectivity index (χ1v) is 7.36. The smallest absolute Gasteiger partial charge is 0.259 e. The van der Waals surface area contributed by atoms with Crippen LogP contribution in [-0.2, 0) is 4.79 Å². The van der Waals surface area contributed by atoms with Crippen molar-refractivity contribution in [3.8, 4) is 0 Å². The number of nitrogens with zero attached hydrogens (tertiary/aromatic N) is 4. The molecule has 1 atom stereocenters. The number of nitrogens with one attached hydrogen (secondary N) is 2. The zero-order valence-corrected chi connectivity index (χ0v) is 13.2. The molecule has 0 saturated carbocycles. The van der Waals surface area contributed by atoms with Gasteiger partial charge in [-0.05, 0) is 19.1 Å². The number of hydrogen-bond donors (Lipinski definition) is 2. The van der Waals surface area contributed by atoms with Crippen molar-refractivity contribution in [1.29, 1.82) is 0 Å². The fourth-order valence-corrected chi connectivity index (χ4v) is 2.12. The molecule has 9 heteroatoms. The molecule has 0 bridgehead atoms. The van der Waals surface area contributed by atoms with Crippen molar-refractivity contribution in [2.24, 2.45) is 0 Å². The normalized spacial score (nSPS) is 11.6. The van der Waals surface area contributed by atoms with E-state index in [1.165, 1.54) is 27.9 Å². The summed E-state index contributed by atoms with van der Waals surface area (Å²) in [6, 6.07) is 2.87. The van der Waals surface area contributed by atoms with Gasteiger partial charge in [0.15, 0.2) is 0 Å². The fraction of sp³-hybridized carbons (Fsp3) is 0.308. The lowest BCUT2D eigenvalue weighted by Crippen LogP contribution is -2.36. The molecular weight excluding hydrogens is 304 g/mol. The molecule has 0 fully saturated rings. The van der Waals surface area contributed by atoms with Gasteiger partial charge in [0.05, 0.1) is 5.56 Å². The van der Waals surface area contributed by atoms with E-state index in [-0.39, 0.29) is 11.8 Å². The third-order valence-electron chi connectivity index (χ3n) is 2.78. The van der Waals surface area contributed by atoms with E-state index >= 15 is 0 Å². The van der Waals surface area contributed by atoms with Crippen LogP contribution in [0.5, 0.6) is 0 Å². The van der Waals surface area contributed by atoms with Gasteiger partial charge < -0.3 is 10.2 Å². The first kappa shape index (κ1) is 15.8. The predicted octanol–water partition coefficient (Wildman–Crippen LogP) is 1.07. The fourth-order valence-electron chi connectivity index (χ4n) is 1.68. The average Bonchev–Trinajstić information content (AvgIpc) is 2.99. The van der Waals surface area contributed by atoms with Gasteiger partial charge in [-0.1, -0.05) is 11.3 Å². The summed E-state index contributed by atoms with van der Waals surface area (Å²) >= 11 is 1.23. The lowest BCUT2D eigenvalue weighted by molar-refractivity contribution is -0.129. The van der Waals surface area contributed by atoms with Crippen LogP contribution in [0.4, 0.5) is 10.9 Å². The molecule has 116 valence electrons. The summed E-state index contributed by atoms with van der Waals surface area (Å²) in [5, 5.41) is 13.4. The summed E-state index contributed by atoms with van der Waals surface area (Å²) in [5.74, 6) is 0.156. The summed E-state index contributed by atoms with van der Waals surface area (Å²) in [4.78, 5) is 29.3. The van der Waals surface area contributed by atoms with Crippen LogP contribution >= 0.6 is 11.3 Å². The van der Waals surface area contributed by atoms with E-state index in [1.54, 1.807) is 33.2 Å². The third-order valence-corrected chi connectivity index (χ3v) is 3.39. The summed E-state index contributed by atoms with van der Waals surface area (Å²) < 4.78 is 0. The van der Waals surface area contributed by atoms with E-state index < -0.39 is 6.04 Å². The Morgan fingerprint density at radius 1 is 1.32 bits per heavy atom. The number of amides is 2. The van der Waals surface area contributed by atoms with Gasteiger partial charge in [-0.3, -0.25) is 14.9 Å². The molecule has 0 aliphatic heterocycles. The van der Waals surface area contributed by atoms with Crippen molar-refractivity contribution in [2.75, 3.05) is 24.7 Å². The number of aromatic nitrogens is 3. The van der Waals surface area contributed by atoms with Gasteiger partial charge in [0, 0.05) is 20.3 Å². The van der Waals surface area contributed by atoms with E-state index in [0.29, 0.717) is 16.5 Å². The van der Waals surface area contributed by atoms with Crippen LogP contribution in [0, 0.1) is 0 Å². The van der Waals surface area contributed by atoms with Crippen LogP contribution in [0.1, 0.15) is 17.3 Å². The Kier molecular flexibility index (Phi) is 4.99. The summed E-state index contributed by atoms with van der Waals surface area (Å²) in [6.45, 7) is 1.75. The second kappa shape index (κ2) is 6.94. The average molecular weight is 320 g/mol. The Morgan fingerprint density at radius 2 is 2.09 bits per heavy atom. The van der Waals surface area contributed by atoms with Crippen molar-refractivity contribution in [2.45, 2.75) is 13.0 Å². The molecule has 8 nitrogen and oxygen atoms in total. The van der Waals surface area contributed by atoms with Crippen molar-refractivity contribution >= 4 is 34.1 Å². The lowest BCUT2D eigenvalue weighted by Gasteiger charge is -2.18. The zero-order valence-electron chi connectivity index (χ0n) is 12.4. The summed E-state index contributed by atoms with van der Waals surface area (Å²) in [5.41, 5.74) is 1.93. The Bertz CT molecular complexity index is 641. The van der Waals surface area contributed by atoms with Gasteiger partial charge in [0.2, 0.25) is 11.0 Å². The predicted molar refractivity (Wildman–Crippen MR) is 83.9 cm³/mol. The van der Waals surface area contributed by atoms with Gasteiger partial charge in [-0.2, -0.15) is 0 Å². The summed E-state index contributed by atoms with van der Waals surface area (Å²) in [7, 11) is 3.38. The molecular formula is C13H16N6O2S. The van der Waals surface area contributed by atoms with Crippen molar-refractivity contribution in [3.05, 3.63) is 29.4 Å². The van der Waals surface area contributed by atoms with Crippen LogP contribution in [0.15, 0.2) is 23.8 Å². The largest absolute Gasteiger partial charge is 0.359 e. The summed E-state index contributed by atoms with van der Waals surface area (Å²) in [6.07, 6.45) is 1.44. The van der Waals surface area contributed by atoms with E-state index in [1.807, 2.05) is 0 Å². The van der Waals surface area contributed by atoms with Gasteiger partial charge in [0.1, 0.15) is 17.4 Å². The minimum atomic E-state index is -0.399. The van der Waals surface area contributed by atoms with E-state index in [4.69, 9.17) is 0 Å². The minimum absolute atomic E-state index is 0.0557. The Morgan fingerprint density at radius 3 is 2.64 bits per heavy atom. The number of pyridine rings is 1. The highest BCUT2D eigenvalue weighted by Crippen LogP contribution is 2.12. The van der Waals surface area contributed by atoms with Crippen molar-refractivity contribution in [1.82, 2.24) is 20.1 Å². The van der Waals surface area contributed by atoms with E-state index in [2.05, 4.69) is 25.8 Å². The van der Waals surface area contributed by atoms with E-state index in [9.17, 15) is 9.59 Å². The quantitative estimate of drug-likeness (QED) is 0.855. The van der Waals surface area contributed by atoms with Gasteiger partial charge >= 0.3 is 0 Å². The van der Waals surface area contributed by atoms with Crippen LogP contribution < -0.4 is 10.6 Å². The highest BCUT2D eigenvalue weighted by Gasteiger charge is 2.15. The van der Waals surface area contributed by atoms with Gasteiger partial charge in [-0.15, -0.1) is 10.2 Å². The van der Waals surface area contributed by atoms with Crippen LogP contribution in [0.25, 0.3) is 0 Å². The lowest BCUT2D eigenvalue weighted by atomic mass is 10.2.